The first-order valence-electron chi connectivity index (χ1n) is 9.32. The maximum atomic E-state index is 12.0. The van der Waals surface area contributed by atoms with E-state index in [4.69, 9.17) is 18.9 Å². The second-order valence-corrected chi connectivity index (χ2v) is 7.64. The third kappa shape index (κ3) is 6.60. The molecule has 2 unspecified atom stereocenters. The van der Waals surface area contributed by atoms with Crippen LogP contribution in [0.5, 0.6) is 11.5 Å². The van der Waals surface area contributed by atoms with Gasteiger partial charge in [-0.05, 0) is 39.7 Å². The Balaban J connectivity index is 2.14. The fourth-order valence-corrected chi connectivity index (χ4v) is 2.87. The van der Waals surface area contributed by atoms with Crippen LogP contribution in [0, 0.1) is 0 Å². The molecule has 2 atom stereocenters. The Morgan fingerprint density at radius 2 is 2.11 bits per heavy atom. The molecule has 8 nitrogen and oxygen atoms in total. The molecule has 28 heavy (non-hydrogen) atoms. The van der Waals surface area contributed by atoms with Gasteiger partial charge in [0.2, 0.25) is 0 Å². The molecule has 1 aliphatic heterocycles. The van der Waals surface area contributed by atoms with Crippen molar-refractivity contribution in [3.05, 3.63) is 23.8 Å². The number of rotatable bonds is 8. The van der Waals surface area contributed by atoms with Gasteiger partial charge in [-0.25, -0.2) is 9.59 Å². The third-order valence-electron chi connectivity index (χ3n) is 4.13. The highest BCUT2D eigenvalue weighted by Gasteiger charge is 2.26. The summed E-state index contributed by atoms with van der Waals surface area (Å²) in [6, 6.07) is 4.07. The summed E-state index contributed by atoms with van der Waals surface area (Å²) in [6.45, 7) is 6.20. The minimum atomic E-state index is -1.17. The van der Waals surface area contributed by atoms with Gasteiger partial charge in [0.1, 0.15) is 18.2 Å². The number of carboxylic acid groups (broad SMARTS) is 1. The van der Waals surface area contributed by atoms with Crippen molar-refractivity contribution >= 4 is 12.1 Å². The molecule has 0 bridgehead atoms. The first kappa shape index (κ1) is 21.8. The van der Waals surface area contributed by atoms with Gasteiger partial charge in [-0.15, -0.1) is 0 Å². The third-order valence-corrected chi connectivity index (χ3v) is 4.13. The Hall–Kier alpha value is -2.48. The smallest absolute Gasteiger partial charge is 0.408 e. The maximum Gasteiger partial charge on any atom is 0.408 e. The van der Waals surface area contributed by atoms with E-state index >= 15 is 0 Å². The highest BCUT2D eigenvalue weighted by Crippen LogP contribution is 2.32. The molecular weight excluding hydrogens is 366 g/mol. The fraction of sp³-hybridized carbons (Fsp3) is 0.600. The van der Waals surface area contributed by atoms with Crippen LogP contribution in [0.1, 0.15) is 39.2 Å². The van der Waals surface area contributed by atoms with Crippen LogP contribution in [-0.4, -0.2) is 55.2 Å². The zero-order valence-electron chi connectivity index (χ0n) is 16.8. The Morgan fingerprint density at radius 3 is 2.68 bits per heavy atom. The van der Waals surface area contributed by atoms with Gasteiger partial charge in [-0.3, -0.25) is 0 Å². The SMILES string of the molecule is COc1cccc(CC(NC(=O)OC(C)(C)C)C(=O)O)c1OCC1CCCO1. The van der Waals surface area contributed by atoms with Gasteiger partial charge >= 0.3 is 12.1 Å². The molecular formula is C20H29NO7. The standard InChI is InChI=1S/C20H29NO7/c1-20(2,3)28-19(24)21-15(18(22)23)11-13-7-5-9-16(25-4)17(13)27-12-14-8-6-10-26-14/h5,7,9,14-15H,6,8,10-12H2,1-4H3,(H,21,24)(H,22,23). The molecule has 1 amide bonds. The van der Waals surface area contributed by atoms with E-state index in [0.717, 1.165) is 12.8 Å². The van der Waals surface area contributed by atoms with E-state index in [0.29, 0.717) is 30.3 Å². The molecule has 0 radical (unpaired) electrons. The van der Waals surface area contributed by atoms with Crippen LogP contribution in [0.3, 0.4) is 0 Å². The molecule has 0 aromatic heterocycles. The number of para-hydroxylation sites is 1. The van der Waals surface area contributed by atoms with E-state index in [1.165, 1.54) is 7.11 Å². The molecule has 1 saturated heterocycles. The molecule has 1 fully saturated rings. The number of benzene rings is 1. The number of amides is 1. The van der Waals surface area contributed by atoms with Crippen molar-refractivity contribution in [2.45, 2.75) is 57.8 Å². The Bertz CT molecular complexity index is 678. The van der Waals surface area contributed by atoms with Crippen molar-refractivity contribution in [2.75, 3.05) is 20.3 Å². The number of carbonyl (C=O) groups excluding carboxylic acids is 1. The number of aliphatic carboxylic acids is 1. The van der Waals surface area contributed by atoms with E-state index in [1.807, 2.05) is 0 Å². The molecule has 156 valence electrons. The highest BCUT2D eigenvalue weighted by atomic mass is 16.6. The molecule has 1 aromatic carbocycles. The van der Waals surface area contributed by atoms with E-state index in [2.05, 4.69) is 5.32 Å². The summed E-state index contributed by atoms with van der Waals surface area (Å²) >= 11 is 0. The van der Waals surface area contributed by atoms with E-state index < -0.39 is 23.7 Å². The molecule has 0 aliphatic carbocycles. The van der Waals surface area contributed by atoms with Crippen molar-refractivity contribution in [3.8, 4) is 11.5 Å². The summed E-state index contributed by atoms with van der Waals surface area (Å²) in [4.78, 5) is 23.7. The topological polar surface area (TPSA) is 103 Å². The Labute approximate surface area is 165 Å². The van der Waals surface area contributed by atoms with Crippen LogP contribution in [0.4, 0.5) is 4.79 Å². The lowest BCUT2D eigenvalue weighted by Crippen LogP contribution is -2.44. The minimum Gasteiger partial charge on any atom is -0.493 e. The number of carbonyl (C=O) groups is 2. The normalized spacial score (nSPS) is 17.6. The Morgan fingerprint density at radius 1 is 1.36 bits per heavy atom. The van der Waals surface area contributed by atoms with Crippen molar-refractivity contribution in [2.24, 2.45) is 0 Å². The average Bonchev–Trinajstić information content (AvgIpc) is 3.11. The summed E-state index contributed by atoms with van der Waals surface area (Å²) in [6.07, 6.45) is 1.15. The van der Waals surface area contributed by atoms with Crippen molar-refractivity contribution in [3.63, 3.8) is 0 Å². The molecule has 1 heterocycles. The molecule has 8 heteroatoms. The van der Waals surface area contributed by atoms with Crippen molar-refractivity contribution in [1.82, 2.24) is 5.32 Å². The van der Waals surface area contributed by atoms with Gasteiger partial charge in [0.15, 0.2) is 11.5 Å². The van der Waals surface area contributed by atoms with Crippen LogP contribution in [-0.2, 0) is 20.7 Å². The zero-order valence-corrected chi connectivity index (χ0v) is 16.8. The van der Waals surface area contributed by atoms with E-state index in [9.17, 15) is 14.7 Å². The van der Waals surface area contributed by atoms with Gasteiger partial charge in [-0.1, -0.05) is 12.1 Å². The van der Waals surface area contributed by atoms with Gasteiger partial charge < -0.3 is 29.4 Å². The molecule has 1 aliphatic rings. The molecule has 0 spiro atoms. The summed E-state index contributed by atoms with van der Waals surface area (Å²) in [5.41, 5.74) is -0.112. The predicted molar refractivity (Wildman–Crippen MR) is 102 cm³/mol. The fourth-order valence-electron chi connectivity index (χ4n) is 2.87. The number of hydrogen-bond acceptors (Lipinski definition) is 6. The summed E-state index contributed by atoms with van der Waals surface area (Å²) in [5.74, 6) is -0.214. The van der Waals surface area contributed by atoms with E-state index in [1.54, 1.807) is 39.0 Å². The number of ether oxygens (including phenoxy) is 4. The lowest BCUT2D eigenvalue weighted by Gasteiger charge is -2.23. The van der Waals surface area contributed by atoms with Gasteiger partial charge in [0.25, 0.3) is 0 Å². The van der Waals surface area contributed by atoms with Gasteiger partial charge in [0.05, 0.1) is 13.2 Å². The number of nitrogens with one attached hydrogen (secondary N) is 1. The summed E-state index contributed by atoms with van der Waals surface area (Å²) in [5, 5.41) is 11.9. The predicted octanol–water partition coefficient (Wildman–Crippen LogP) is 2.77. The maximum absolute atomic E-state index is 12.0. The zero-order chi connectivity index (χ0) is 20.7. The number of hydrogen-bond donors (Lipinski definition) is 2. The quantitative estimate of drug-likeness (QED) is 0.697. The lowest BCUT2D eigenvalue weighted by atomic mass is 10.0. The summed E-state index contributed by atoms with van der Waals surface area (Å²) < 4.78 is 22.0. The number of alkyl carbamates (subject to hydrolysis) is 1. The van der Waals surface area contributed by atoms with Crippen molar-refractivity contribution in [1.29, 1.82) is 0 Å². The molecule has 1 aromatic rings. The number of carboxylic acids is 1. The Kier molecular flexibility index (Phi) is 7.51. The average molecular weight is 395 g/mol. The van der Waals surface area contributed by atoms with E-state index in [-0.39, 0.29) is 12.5 Å². The number of methoxy groups -OCH3 is 1. The first-order chi connectivity index (χ1) is 13.2. The highest BCUT2D eigenvalue weighted by molar-refractivity contribution is 5.80. The second kappa shape index (κ2) is 9.64. The lowest BCUT2D eigenvalue weighted by molar-refractivity contribution is -0.139. The largest absolute Gasteiger partial charge is 0.493 e. The van der Waals surface area contributed by atoms with Crippen molar-refractivity contribution < 1.29 is 33.6 Å². The molecule has 0 saturated carbocycles. The minimum absolute atomic E-state index is 0.00733. The first-order valence-corrected chi connectivity index (χ1v) is 9.32. The van der Waals surface area contributed by atoms with Crippen LogP contribution < -0.4 is 14.8 Å². The molecule has 2 N–H and O–H groups in total. The second-order valence-electron chi connectivity index (χ2n) is 7.64. The van der Waals surface area contributed by atoms with Gasteiger partial charge in [0, 0.05) is 18.6 Å². The summed E-state index contributed by atoms with van der Waals surface area (Å²) in [7, 11) is 1.52. The van der Waals surface area contributed by atoms with Gasteiger partial charge in [-0.2, -0.15) is 0 Å². The molecule has 2 rings (SSSR count). The van der Waals surface area contributed by atoms with Crippen LogP contribution in [0.15, 0.2) is 18.2 Å². The monoisotopic (exact) mass is 395 g/mol. The van der Waals surface area contributed by atoms with Crippen LogP contribution in [0.25, 0.3) is 0 Å². The van der Waals surface area contributed by atoms with Crippen LogP contribution in [0.2, 0.25) is 0 Å². The van der Waals surface area contributed by atoms with Crippen LogP contribution >= 0.6 is 0 Å².